The quantitative estimate of drug-likeness (QED) is 0.160. The molecular weight excluding hydrogens is 1080 g/mol. The minimum atomic E-state index is -0.0725. The predicted octanol–water partition coefficient (Wildman–Crippen LogP) is 22.1. The largest absolute Gasteiger partial charge is 0.456 e. The number of furan rings is 1. The molecular formula is C84H98BN3O. The van der Waals surface area contributed by atoms with E-state index in [1.807, 2.05) is 0 Å². The molecule has 0 spiro atoms. The van der Waals surface area contributed by atoms with E-state index in [4.69, 9.17) is 4.42 Å². The first kappa shape index (κ1) is 59.6. The molecule has 89 heavy (non-hydrogen) atoms. The van der Waals surface area contributed by atoms with Gasteiger partial charge < -0.3 is 19.1 Å². The fraction of sp³-hybridized carbons (Fsp3) is 0.429. The van der Waals surface area contributed by atoms with E-state index < -0.39 is 0 Å². The minimum absolute atomic E-state index is 0.0000178. The first-order valence-corrected chi connectivity index (χ1v) is 33.7. The van der Waals surface area contributed by atoms with E-state index in [1.54, 1.807) is 0 Å². The van der Waals surface area contributed by atoms with Crippen LogP contribution in [0, 0.1) is 0 Å². The van der Waals surface area contributed by atoms with Crippen LogP contribution in [-0.2, 0) is 48.7 Å². The number of rotatable bonds is 5. The molecule has 0 atom stereocenters. The van der Waals surface area contributed by atoms with Gasteiger partial charge in [0.1, 0.15) is 11.2 Å². The van der Waals surface area contributed by atoms with Crippen LogP contribution in [0.4, 0.5) is 51.2 Å². The van der Waals surface area contributed by atoms with Crippen LogP contribution in [0.25, 0.3) is 21.9 Å². The molecule has 3 aliphatic carbocycles. The van der Waals surface area contributed by atoms with Crippen LogP contribution < -0.4 is 31.1 Å². The highest BCUT2D eigenvalue weighted by Crippen LogP contribution is 2.56. The summed E-state index contributed by atoms with van der Waals surface area (Å²) in [6.45, 7) is 50.7. The molecule has 9 aromatic rings. The van der Waals surface area contributed by atoms with Gasteiger partial charge in [-0.25, -0.2) is 0 Å². The Balaban J connectivity index is 1.15. The zero-order chi connectivity index (χ0) is 63.5. The van der Waals surface area contributed by atoms with Gasteiger partial charge in [0, 0.05) is 56.3 Å². The van der Waals surface area contributed by atoms with Crippen molar-refractivity contribution < 1.29 is 4.42 Å². The van der Waals surface area contributed by atoms with Gasteiger partial charge in [0.2, 0.25) is 0 Å². The highest BCUT2D eigenvalue weighted by molar-refractivity contribution is 7.00. The first-order chi connectivity index (χ1) is 41.4. The molecule has 0 amide bonds. The highest BCUT2D eigenvalue weighted by atomic mass is 16.3. The maximum Gasteiger partial charge on any atom is 0.252 e. The summed E-state index contributed by atoms with van der Waals surface area (Å²) < 4.78 is 6.88. The van der Waals surface area contributed by atoms with Crippen LogP contribution >= 0.6 is 0 Å². The molecule has 5 heteroatoms. The molecule has 2 aliphatic heterocycles. The van der Waals surface area contributed by atoms with Crippen LogP contribution in [0.5, 0.6) is 0 Å². The van der Waals surface area contributed by atoms with Gasteiger partial charge in [-0.2, -0.15) is 0 Å². The van der Waals surface area contributed by atoms with Gasteiger partial charge in [-0.05, 0) is 239 Å². The normalized spacial score (nSPS) is 19.0. The Kier molecular flexibility index (Phi) is 12.9. The lowest BCUT2D eigenvalue weighted by atomic mass is 9.32. The minimum Gasteiger partial charge on any atom is -0.456 e. The Bertz CT molecular complexity index is 4330. The van der Waals surface area contributed by atoms with E-state index in [0.29, 0.717) is 0 Å². The van der Waals surface area contributed by atoms with Gasteiger partial charge in [-0.15, -0.1) is 0 Å². The van der Waals surface area contributed by atoms with Crippen molar-refractivity contribution in [2.24, 2.45) is 0 Å². The summed E-state index contributed by atoms with van der Waals surface area (Å²) in [6.07, 6.45) is 6.87. The van der Waals surface area contributed by atoms with Crippen molar-refractivity contribution in [3.8, 4) is 0 Å². The van der Waals surface area contributed by atoms with E-state index in [9.17, 15) is 0 Å². The summed E-state index contributed by atoms with van der Waals surface area (Å²) >= 11 is 0. The summed E-state index contributed by atoms with van der Waals surface area (Å²) in [5.74, 6) is 0. The third-order valence-electron chi connectivity index (χ3n) is 22.9. The molecule has 14 rings (SSSR count). The van der Waals surface area contributed by atoms with E-state index in [0.717, 1.165) is 76.8 Å². The van der Waals surface area contributed by atoms with Crippen LogP contribution in [0.1, 0.15) is 234 Å². The molecule has 0 saturated heterocycles. The van der Waals surface area contributed by atoms with Crippen molar-refractivity contribution >= 4 is 96.2 Å². The summed E-state index contributed by atoms with van der Waals surface area (Å²) in [4.78, 5) is 8.01. The molecule has 0 unspecified atom stereocenters. The molecule has 5 aliphatic rings. The van der Waals surface area contributed by atoms with Crippen molar-refractivity contribution in [1.82, 2.24) is 0 Å². The molecule has 0 bridgehead atoms. The van der Waals surface area contributed by atoms with Crippen LogP contribution in [0.2, 0.25) is 0 Å². The second-order valence-electron chi connectivity index (χ2n) is 35.1. The van der Waals surface area contributed by atoms with Gasteiger partial charge in [0.05, 0.1) is 5.69 Å². The second-order valence-corrected chi connectivity index (χ2v) is 35.1. The second kappa shape index (κ2) is 19.3. The number of anilines is 9. The predicted molar refractivity (Wildman–Crippen MR) is 384 cm³/mol. The third-order valence-corrected chi connectivity index (χ3v) is 22.9. The lowest BCUT2D eigenvalue weighted by molar-refractivity contribution is 0.332. The summed E-state index contributed by atoms with van der Waals surface area (Å²) in [6, 6.07) is 56.5. The average molecular weight is 1180 g/mol. The molecule has 0 radical (unpaired) electrons. The van der Waals surface area contributed by atoms with Crippen molar-refractivity contribution in [1.29, 1.82) is 0 Å². The monoisotopic (exact) mass is 1180 g/mol. The molecule has 8 aromatic carbocycles. The van der Waals surface area contributed by atoms with Gasteiger partial charge in [0.25, 0.3) is 6.71 Å². The molecule has 3 heterocycles. The third kappa shape index (κ3) is 9.48. The fourth-order valence-electron chi connectivity index (χ4n) is 16.5. The van der Waals surface area contributed by atoms with Crippen LogP contribution in [-0.4, -0.2) is 6.71 Å². The molecule has 458 valence electrons. The smallest absolute Gasteiger partial charge is 0.252 e. The van der Waals surface area contributed by atoms with E-state index in [-0.39, 0.29) is 55.4 Å². The Morgan fingerprint density at radius 2 is 0.719 bits per heavy atom. The highest BCUT2D eigenvalue weighted by Gasteiger charge is 2.50. The maximum atomic E-state index is 6.88. The van der Waals surface area contributed by atoms with Gasteiger partial charge in [-0.3, -0.25) is 0 Å². The van der Waals surface area contributed by atoms with Gasteiger partial charge >= 0.3 is 0 Å². The topological polar surface area (TPSA) is 22.9 Å². The van der Waals surface area contributed by atoms with Crippen LogP contribution in [0.15, 0.2) is 144 Å². The molecule has 1 aromatic heterocycles. The maximum absolute atomic E-state index is 6.88. The van der Waals surface area contributed by atoms with Gasteiger partial charge in [0.15, 0.2) is 0 Å². The molecule has 0 N–H and O–H groups in total. The Morgan fingerprint density at radius 3 is 1.16 bits per heavy atom. The number of hydrogen-bond acceptors (Lipinski definition) is 4. The standard InChI is InChI=1S/C84H98BN3O/c1-76(2,3)51-22-27-54(28-23-51)86(55-29-24-52(25-30-55)77(4,5)6)58-45-71-75-72(46-58)88(57-31-34-61-62(44-57)80(12,13)37-36-79(61,10)11)70-50-66-64(82(16,17)39-41-84(66,20)21)48-68(70)85(75)67-47-63-65(83(18,19)40-38-81(63,14)15)49-69(67)87(71)56-32-35-73-60(43-56)59-33-26-53(78(7,8)9)42-74(59)89-73/h22-35,42-50H,36-41H2,1-21H3. The van der Waals surface area contributed by atoms with Crippen molar-refractivity contribution in [3.63, 3.8) is 0 Å². The first-order valence-electron chi connectivity index (χ1n) is 33.7. The Labute approximate surface area is 534 Å². The number of benzene rings is 8. The molecule has 0 fully saturated rings. The molecule has 4 nitrogen and oxygen atoms in total. The lowest BCUT2D eigenvalue weighted by Gasteiger charge is -2.49. The lowest BCUT2D eigenvalue weighted by Crippen LogP contribution is -2.62. The van der Waals surface area contributed by atoms with Crippen molar-refractivity contribution in [2.75, 3.05) is 14.7 Å². The Hall–Kier alpha value is -6.98. The zero-order valence-electron chi connectivity index (χ0n) is 57.8. The summed E-state index contributed by atoms with van der Waals surface area (Å²) in [5.41, 5.74) is 29.5. The number of fused-ring (bicyclic) bond motifs is 10. The van der Waals surface area contributed by atoms with E-state index in [1.165, 1.54) is 101 Å². The number of nitrogens with zero attached hydrogens (tertiary/aromatic N) is 3. The average Bonchev–Trinajstić information content (AvgIpc) is 0.959. The SMILES string of the molecule is CC(C)(C)c1ccc(N(c2ccc(C(C)(C)C)cc2)c2cc3c4c(c2)N(c2ccc5oc6cc(C(C)(C)C)ccc6c5c2)c2cc5c(cc2B4c2cc4c(cc2N3c2ccc3c(c2)C(C)(C)CCC3(C)C)C(C)(C)CCC4(C)C)C(C)(C)CCC5(C)C)cc1. The number of hydrogen-bond donors (Lipinski definition) is 0. The van der Waals surface area contributed by atoms with Crippen molar-refractivity contribution in [2.45, 2.75) is 233 Å². The van der Waals surface area contributed by atoms with E-state index >= 15 is 0 Å². The summed E-state index contributed by atoms with van der Waals surface area (Å²) in [7, 11) is 0. The summed E-state index contributed by atoms with van der Waals surface area (Å²) in [5, 5.41) is 2.28. The van der Waals surface area contributed by atoms with Gasteiger partial charge in [-0.1, -0.05) is 200 Å². The Morgan fingerprint density at radius 1 is 0.337 bits per heavy atom. The molecule has 0 saturated carbocycles. The van der Waals surface area contributed by atoms with Crippen molar-refractivity contribution in [3.05, 3.63) is 190 Å². The van der Waals surface area contributed by atoms with Crippen LogP contribution in [0.3, 0.4) is 0 Å². The zero-order valence-corrected chi connectivity index (χ0v) is 57.8. The van der Waals surface area contributed by atoms with E-state index in [2.05, 4.69) is 300 Å². The fourth-order valence-corrected chi connectivity index (χ4v) is 16.5.